The van der Waals surface area contributed by atoms with Gasteiger partial charge < -0.3 is 4.74 Å². The van der Waals surface area contributed by atoms with Crippen LogP contribution < -0.4 is 0 Å². The summed E-state index contributed by atoms with van der Waals surface area (Å²) in [6, 6.07) is 0. The average Bonchev–Trinajstić information content (AvgIpc) is 3.28. The van der Waals surface area contributed by atoms with Crippen LogP contribution in [0.5, 0.6) is 0 Å². The molecule has 6 nitrogen and oxygen atoms in total. The molecule has 2 rings (SSSR count). The second-order valence-electron chi connectivity index (χ2n) is 7.45. The van der Waals surface area contributed by atoms with Crippen molar-refractivity contribution in [1.82, 2.24) is 0 Å². The van der Waals surface area contributed by atoms with E-state index in [0.29, 0.717) is 12.3 Å². The first kappa shape index (κ1) is 22.1. The zero-order valence-corrected chi connectivity index (χ0v) is 16.5. The van der Waals surface area contributed by atoms with Crippen LogP contribution in [-0.4, -0.2) is 36.6 Å². The first-order chi connectivity index (χ1) is 13.2. The molecule has 27 heavy (non-hydrogen) atoms. The Morgan fingerprint density at radius 3 is 2.78 bits per heavy atom. The third-order valence-corrected chi connectivity index (χ3v) is 5.50. The minimum atomic E-state index is -0.258. The highest BCUT2D eigenvalue weighted by atomic mass is 17.2. The van der Waals surface area contributed by atoms with Gasteiger partial charge in [0.05, 0.1) is 13.2 Å². The Hall–Kier alpha value is -1.21. The largest absolute Gasteiger partial charge is 0.469 e. The van der Waals surface area contributed by atoms with E-state index >= 15 is 0 Å². The van der Waals surface area contributed by atoms with Gasteiger partial charge in [0.1, 0.15) is 12.2 Å². The van der Waals surface area contributed by atoms with Crippen LogP contribution in [0.15, 0.2) is 24.3 Å². The molecule has 2 bridgehead atoms. The molecular weight excluding hydrogens is 348 g/mol. The molecule has 2 aliphatic rings. The van der Waals surface area contributed by atoms with Gasteiger partial charge in [-0.15, -0.1) is 0 Å². The molecule has 0 aromatic carbocycles. The van der Waals surface area contributed by atoms with E-state index in [0.717, 1.165) is 51.4 Å². The fourth-order valence-electron chi connectivity index (χ4n) is 3.89. The molecule has 154 valence electrons. The van der Waals surface area contributed by atoms with Crippen LogP contribution >= 0.6 is 0 Å². The number of rotatable bonds is 13. The predicted octanol–water partition coefficient (Wildman–Crippen LogP) is 4.61. The molecule has 1 aliphatic heterocycles. The molecule has 0 aromatic rings. The lowest BCUT2D eigenvalue weighted by Gasteiger charge is -2.27. The van der Waals surface area contributed by atoms with Crippen molar-refractivity contribution in [3.8, 4) is 0 Å². The summed E-state index contributed by atoms with van der Waals surface area (Å²) in [5, 5.41) is 9.13. The van der Waals surface area contributed by atoms with Crippen molar-refractivity contribution in [2.45, 2.75) is 83.0 Å². The molecule has 1 saturated heterocycles. The highest BCUT2D eigenvalue weighted by Gasteiger charge is 2.49. The van der Waals surface area contributed by atoms with Crippen LogP contribution in [0.4, 0.5) is 0 Å². The zero-order chi connectivity index (χ0) is 19.5. The molecule has 0 spiro atoms. The van der Waals surface area contributed by atoms with Crippen LogP contribution in [0.1, 0.15) is 64.7 Å². The summed E-state index contributed by atoms with van der Waals surface area (Å²) in [6.07, 6.45) is 16.5. The molecule has 0 unspecified atom stereocenters. The Balaban J connectivity index is 1.80. The first-order valence-corrected chi connectivity index (χ1v) is 10.2. The molecule has 6 heteroatoms. The summed E-state index contributed by atoms with van der Waals surface area (Å²) >= 11 is 0. The standard InChI is InChI=1S/C21H34O6/c1-3-4-7-10-16(25-23)13-14-18-17(19-15-20(18)27-26-19)11-8-5-6-9-12-21(22)24-2/h5,8,13-14,16-20,23H,3-4,6-7,9-12,15H2,1-2H3/b8-5-,14-13+/t16-,17+,18+,19-,20+/m0/s1. The summed E-state index contributed by atoms with van der Waals surface area (Å²) < 4.78 is 4.64. The number of allylic oxidation sites excluding steroid dienone is 2. The van der Waals surface area contributed by atoms with Crippen LogP contribution in [0.25, 0.3) is 0 Å². The molecule has 2 fully saturated rings. The molecule has 1 aliphatic carbocycles. The Labute approximate surface area is 162 Å². The Morgan fingerprint density at radius 2 is 2.04 bits per heavy atom. The van der Waals surface area contributed by atoms with Crippen molar-refractivity contribution < 1.29 is 29.5 Å². The highest BCUT2D eigenvalue weighted by molar-refractivity contribution is 5.69. The Morgan fingerprint density at radius 1 is 1.22 bits per heavy atom. The van der Waals surface area contributed by atoms with E-state index in [1.807, 2.05) is 6.08 Å². The second-order valence-corrected chi connectivity index (χ2v) is 7.45. The number of fused-ring (bicyclic) bond motifs is 2. The molecule has 1 saturated carbocycles. The molecule has 0 amide bonds. The van der Waals surface area contributed by atoms with E-state index in [9.17, 15) is 4.79 Å². The lowest BCUT2D eigenvalue weighted by Crippen LogP contribution is -2.29. The first-order valence-electron chi connectivity index (χ1n) is 10.2. The fourth-order valence-corrected chi connectivity index (χ4v) is 3.89. The van der Waals surface area contributed by atoms with Gasteiger partial charge in [-0.05, 0) is 25.7 Å². The normalized spacial score (nSPS) is 28.4. The number of hydrogen-bond donors (Lipinski definition) is 1. The summed E-state index contributed by atoms with van der Waals surface area (Å²) in [5.74, 6) is 0.478. The predicted molar refractivity (Wildman–Crippen MR) is 102 cm³/mol. The molecule has 0 radical (unpaired) electrons. The second kappa shape index (κ2) is 12.3. The topological polar surface area (TPSA) is 74.2 Å². The third-order valence-electron chi connectivity index (χ3n) is 5.50. The third kappa shape index (κ3) is 7.03. The average molecular weight is 382 g/mol. The molecular formula is C21H34O6. The van der Waals surface area contributed by atoms with Gasteiger partial charge in [-0.25, -0.2) is 14.7 Å². The maximum Gasteiger partial charge on any atom is 0.305 e. The SMILES string of the molecule is CCCCC[C@@H](/C=C/[C@@H]1[C@@H](C/C=C\CCCC(=O)OC)[C@@H]2C[C@H]1OO2)OO. The number of methoxy groups -OCH3 is 1. The van der Waals surface area contributed by atoms with Gasteiger partial charge in [0.25, 0.3) is 0 Å². The summed E-state index contributed by atoms with van der Waals surface area (Å²) in [4.78, 5) is 26.6. The van der Waals surface area contributed by atoms with Gasteiger partial charge >= 0.3 is 5.97 Å². The molecule has 0 aromatic heterocycles. The van der Waals surface area contributed by atoms with Crippen LogP contribution in [0.2, 0.25) is 0 Å². The van der Waals surface area contributed by atoms with Gasteiger partial charge in [0, 0.05) is 24.7 Å². The van der Waals surface area contributed by atoms with Crippen molar-refractivity contribution in [3.05, 3.63) is 24.3 Å². The highest BCUT2D eigenvalue weighted by Crippen LogP contribution is 2.45. The minimum absolute atomic E-state index is 0.0824. The molecule has 1 heterocycles. The quantitative estimate of drug-likeness (QED) is 0.165. The van der Waals surface area contributed by atoms with E-state index in [1.165, 1.54) is 7.11 Å². The van der Waals surface area contributed by atoms with Gasteiger partial charge in [0.2, 0.25) is 0 Å². The molecule has 1 N–H and O–H groups in total. The number of esters is 1. The van der Waals surface area contributed by atoms with Gasteiger partial charge in [-0.2, -0.15) is 0 Å². The van der Waals surface area contributed by atoms with Crippen molar-refractivity contribution >= 4 is 5.97 Å². The van der Waals surface area contributed by atoms with Gasteiger partial charge in [-0.3, -0.25) is 10.1 Å². The van der Waals surface area contributed by atoms with Gasteiger partial charge in [-0.1, -0.05) is 50.5 Å². The number of ether oxygens (including phenoxy) is 1. The summed E-state index contributed by atoms with van der Waals surface area (Å²) in [6.45, 7) is 2.16. The number of carbonyl (C=O) groups is 1. The van der Waals surface area contributed by atoms with E-state index in [4.69, 9.17) is 15.0 Å². The number of carbonyl (C=O) groups excluding carboxylic acids is 1. The maximum absolute atomic E-state index is 11.1. The van der Waals surface area contributed by atoms with E-state index in [-0.39, 0.29) is 30.2 Å². The molecule has 5 atom stereocenters. The fraction of sp³-hybridized carbons (Fsp3) is 0.762. The lowest BCUT2D eigenvalue weighted by molar-refractivity contribution is -0.336. The van der Waals surface area contributed by atoms with Crippen molar-refractivity contribution in [2.75, 3.05) is 7.11 Å². The Kier molecular flexibility index (Phi) is 10.1. The smallest absolute Gasteiger partial charge is 0.305 e. The number of hydrogen-bond acceptors (Lipinski definition) is 6. The lowest BCUT2D eigenvalue weighted by atomic mass is 9.89. The van der Waals surface area contributed by atoms with E-state index in [2.05, 4.69) is 34.8 Å². The minimum Gasteiger partial charge on any atom is -0.469 e. The van der Waals surface area contributed by atoms with Crippen LogP contribution in [-0.2, 0) is 24.2 Å². The monoisotopic (exact) mass is 382 g/mol. The van der Waals surface area contributed by atoms with E-state index < -0.39 is 0 Å². The van der Waals surface area contributed by atoms with Crippen molar-refractivity contribution in [1.29, 1.82) is 0 Å². The van der Waals surface area contributed by atoms with E-state index in [1.54, 1.807) is 0 Å². The van der Waals surface area contributed by atoms with Crippen LogP contribution in [0, 0.1) is 11.8 Å². The zero-order valence-electron chi connectivity index (χ0n) is 16.5. The Bertz CT molecular complexity index is 489. The summed E-state index contributed by atoms with van der Waals surface area (Å²) in [7, 11) is 1.42. The van der Waals surface area contributed by atoms with Crippen molar-refractivity contribution in [2.24, 2.45) is 11.8 Å². The van der Waals surface area contributed by atoms with Gasteiger partial charge in [0.15, 0.2) is 0 Å². The van der Waals surface area contributed by atoms with Crippen molar-refractivity contribution in [3.63, 3.8) is 0 Å². The number of unbranched alkanes of at least 4 members (excludes halogenated alkanes) is 3. The van der Waals surface area contributed by atoms with Crippen LogP contribution in [0.3, 0.4) is 0 Å². The summed E-state index contributed by atoms with van der Waals surface area (Å²) in [5.41, 5.74) is 0. The maximum atomic E-state index is 11.1.